The van der Waals surface area contributed by atoms with Crippen molar-refractivity contribution in [3.63, 3.8) is 0 Å². The number of hydrogen-bond acceptors (Lipinski definition) is 5. The van der Waals surface area contributed by atoms with Gasteiger partial charge >= 0.3 is 13.8 Å². The van der Waals surface area contributed by atoms with Crippen molar-refractivity contribution in [2.24, 2.45) is 0 Å². The van der Waals surface area contributed by atoms with Gasteiger partial charge in [-0.1, -0.05) is 18.4 Å². The first kappa shape index (κ1) is 17.4. The second-order valence-electron chi connectivity index (χ2n) is 3.85. The summed E-state index contributed by atoms with van der Waals surface area (Å²) in [5.41, 5.74) is 0. The molecule has 0 aromatic carbocycles. The molecule has 18 heavy (non-hydrogen) atoms. The Kier molecular flexibility index (Phi) is 9.10. The lowest BCUT2D eigenvalue weighted by Crippen LogP contribution is -2.45. The van der Waals surface area contributed by atoms with Crippen LogP contribution in [0.4, 0.5) is 0 Å². The van der Waals surface area contributed by atoms with Crippen molar-refractivity contribution in [2.75, 3.05) is 25.7 Å². The van der Waals surface area contributed by atoms with Gasteiger partial charge in [-0.3, -0.25) is 0 Å². The van der Waals surface area contributed by atoms with Crippen LogP contribution in [-0.2, 0) is 18.8 Å². The van der Waals surface area contributed by atoms with E-state index in [1.165, 1.54) is 0 Å². The fourth-order valence-electron chi connectivity index (χ4n) is 1.29. The van der Waals surface area contributed by atoms with Gasteiger partial charge < -0.3 is 19.7 Å². The van der Waals surface area contributed by atoms with E-state index in [-0.39, 0.29) is 25.8 Å². The highest BCUT2D eigenvalue weighted by Gasteiger charge is 2.43. The number of carboxylic acid groups (broad SMARTS) is 1. The zero-order valence-corrected chi connectivity index (χ0v) is 11.8. The summed E-state index contributed by atoms with van der Waals surface area (Å²) >= 11 is 0. The molecule has 0 aromatic heterocycles. The highest BCUT2D eigenvalue weighted by atomic mass is 31.1. The van der Waals surface area contributed by atoms with Gasteiger partial charge in [-0.25, -0.2) is 4.79 Å². The number of aliphatic hydroxyl groups excluding tert-OH is 1. The quantitative estimate of drug-likeness (QED) is 0.443. The van der Waals surface area contributed by atoms with Crippen LogP contribution in [-0.4, -0.2) is 47.7 Å². The molecular weight excluding hydrogens is 259 g/mol. The van der Waals surface area contributed by atoms with E-state index in [4.69, 9.17) is 14.6 Å². The first-order valence-electron chi connectivity index (χ1n) is 6.06. The molecule has 6 nitrogen and oxygen atoms in total. The number of carbonyl (C=O) groups is 1. The monoisotopic (exact) mass is 281 g/mol. The molecule has 0 spiro atoms. The van der Waals surface area contributed by atoms with E-state index in [1.807, 2.05) is 13.8 Å². The van der Waals surface area contributed by atoms with Crippen LogP contribution in [0.3, 0.4) is 0 Å². The molecule has 0 aliphatic heterocycles. The zero-order chi connectivity index (χ0) is 14.0. The van der Waals surface area contributed by atoms with Gasteiger partial charge in [0, 0.05) is 0 Å². The number of carboxylic acids is 1. The maximum absolute atomic E-state index is 11.3. The lowest BCUT2D eigenvalue weighted by atomic mass is 10.2. The highest BCUT2D eigenvalue weighted by molar-refractivity contribution is 7.44. The van der Waals surface area contributed by atoms with Crippen LogP contribution in [0.25, 0.3) is 0 Å². The minimum atomic E-state index is -1.82. The molecule has 0 aromatic rings. The first-order chi connectivity index (χ1) is 8.52. The van der Waals surface area contributed by atoms with Gasteiger partial charge in [0.1, 0.15) is 0 Å². The maximum atomic E-state index is 11.3. The Morgan fingerprint density at radius 3 is 2.06 bits per heavy atom. The second-order valence-corrected chi connectivity index (χ2v) is 5.55. The van der Waals surface area contributed by atoms with Crippen molar-refractivity contribution in [1.82, 2.24) is 0 Å². The minimum absolute atomic E-state index is 0.0297. The zero-order valence-electron chi connectivity index (χ0n) is 10.9. The number of rotatable bonds is 11. The molecule has 0 heterocycles. The normalized spacial score (nSPS) is 12.5. The summed E-state index contributed by atoms with van der Waals surface area (Å²) in [6, 6.07) is 0. The minimum Gasteiger partial charge on any atom is -0.477 e. The number of aliphatic hydroxyl groups is 1. The fourth-order valence-corrected chi connectivity index (χ4v) is 1.98. The van der Waals surface area contributed by atoms with E-state index in [0.717, 1.165) is 0 Å². The molecule has 0 aliphatic carbocycles. The van der Waals surface area contributed by atoms with Crippen LogP contribution in [0, 0.1) is 0 Å². The van der Waals surface area contributed by atoms with Crippen molar-refractivity contribution in [2.45, 2.75) is 38.9 Å². The van der Waals surface area contributed by atoms with Gasteiger partial charge in [-0.05, 0) is 12.8 Å². The molecular formula is C11H22O6P+. The standard InChI is InChI=1S/C11H21O6P/c1-3-6-16-11(10(13)14,17-7-4-2)5-8-18(15)9-12/h12H,3-9H2,1-2H3/p+1. The molecule has 0 saturated heterocycles. The van der Waals surface area contributed by atoms with Crippen LogP contribution in [0.15, 0.2) is 0 Å². The summed E-state index contributed by atoms with van der Waals surface area (Å²) in [7, 11) is -1.82. The molecule has 106 valence electrons. The first-order valence-corrected chi connectivity index (χ1v) is 7.69. The Bertz CT molecular complexity index is 260. The van der Waals surface area contributed by atoms with Gasteiger partial charge in [0.05, 0.1) is 19.6 Å². The van der Waals surface area contributed by atoms with Gasteiger partial charge in [0.15, 0.2) is 6.16 Å². The van der Waals surface area contributed by atoms with E-state index >= 15 is 0 Å². The summed E-state index contributed by atoms with van der Waals surface area (Å²) in [6.45, 7) is 4.24. The number of aliphatic carboxylic acids is 1. The van der Waals surface area contributed by atoms with Crippen LogP contribution in [0.1, 0.15) is 33.1 Å². The Labute approximate surface area is 108 Å². The highest BCUT2D eigenvalue weighted by Crippen LogP contribution is 2.27. The van der Waals surface area contributed by atoms with E-state index < -0.39 is 25.9 Å². The Morgan fingerprint density at radius 1 is 1.22 bits per heavy atom. The van der Waals surface area contributed by atoms with E-state index in [9.17, 15) is 14.5 Å². The molecule has 0 rings (SSSR count). The van der Waals surface area contributed by atoms with Crippen LogP contribution >= 0.6 is 7.80 Å². The van der Waals surface area contributed by atoms with Crippen LogP contribution < -0.4 is 0 Å². The Hall–Kier alpha value is -0.550. The third kappa shape index (κ3) is 5.87. The molecule has 0 radical (unpaired) electrons. The van der Waals surface area contributed by atoms with E-state index in [2.05, 4.69) is 0 Å². The summed E-state index contributed by atoms with van der Waals surface area (Å²) in [5.74, 6) is -2.96. The Balaban J connectivity index is 4.70. The fraction of sp³-hybridized carbons (Fsp3) is 0.909. The molecule has 0 aliphatic rings. The molecule has 0 fully saturated rings. The van der Waals surface area contributed by atoms with Gasteiger partial charge in [-0.15, -0.1) is 0 Å². The number of ether oxygens (including phenoxy) is 2. The summed E-state index contributed by atoms with van der Waals surface area (Å²) in [6.07, 6.45) is 0.906. The van der Waals surface area contributed by atoms with E-state index in [1.54, 1.807) is 0 Å². The maximum Gasteiger partial charge on any atom is 0.366 e. The molecule has 1 atom stereocenters. The predicted molar refractivity (Wildman–Crippen MR) is 67.0 cm³/mol. The lowest BCUT2D eigenvalue weighted by Gasteiger charge is -2.28. The van der Waals surface area contributed by atoms with Crippen LogP contribution in [0.5, 0.6) is 0 Å². The topological polar surface area (TPSA) is 93.1 Å². The third-order valence-corrected chi connectivity index (χ3v) is 3.29. The van der Waals surface area contributed by atoms with Gasteiger partial charge in [0.2, 0.25) is 6.35 Å². The van der Waals surface area contributed by atoms with Gasteiger partial charge in [-0.2, -0.15) is 0 Å². The van der Waals surface area contributed by atoms with Crippen molar-refractivity contribution < 1.29 is 29.0 Å². The molecule has 7 heteroatoms. The van der Waals surface area contributed by atoms with Crippen molar-refractivity contribution in [3.8, 4) is 0 Å². The molecule has 1 unspecified atom stereocenters. The van der Waals surface area contributed by atoms with Crippen molar-refractivity contribution >= 4 is 13.8 Å². The SMILES string of the molecule is CCCOC(CC[P+](=O)CO)(OCCC)C(=O)O. The lowest BCUT2D eigenvalue weighted by molar-refractivity contribution is -0.245. The predicted octanol–water partition coefficient (Wildman–Crippen LogP) is 1.79. The van der Waals surface area contributed by atoms with Crippen molar-refractivity contribution in [1.29, 1.82) is 0 Å². The third-order valence-electron chi connectivity index (χ3n) is 2.25. The Morgan fingerprint density at radius 2 is 1.72 bits per heavy atom. The van der Waals surface area contributed by atoms with E-state index in [0.29, 0.717) is 12.8 Å². The molecule has 2 N–H and O–H groups in total. The second kappa shape index (κ2) is 9.39. The average molecular weight is 281 g/mol. The summed E-state index contributed by atoms with van der Waals surface area (Å²) in [4.78, 5) is 11.3. The molecule has 0 saturated carbocycles. The summed E-state index contributed by atoms with van der Waals surface area (Å²) < 4.78 is 21.8. The smallest absolute Gasteiger partial charge is 0.366 e. The molecule has 0 amide bonds. The average Bonchev–Trinajstić information content (AvgIpc) is 2.37. The van der Waals surface area contributed by atoms with Crippen LogP contribution in [0.2, 0.25) is 0 Å². The summed E-state index contributed by atoms with van der Waals surface area (Å²) in [5, 5.41) is 18.0. The van der Waals surface area contributed by atoms with Crippen molar-refractivity contribution in [3.05, 3.63) is 0 Å². The largest absolute Gasteiger partial charge is 0.477 e. The number of hydrogen-bond donors (Lipinski definition) is 2. The van der Waals surface area contributed by atoms with Gasteiger partial charge in [0.25, 0.3) is 5.79 Å². The molecule has 0 bridgehead atoms.